The van der Waals surface area contributed by atoms with Gasteiger partial charge in [-0.05, 0) is 0 Å². The highest BCUT2D eigenvalue weighted by atomic mass is 15.0. The van der Waals surface area contributed by atoms with Crippen LogP contribution in [-0.4, -0.2) is 26.5 Å². The van der Waals surface area contributed by atoms with Crippen LogP contribution in [0.3, 0.4) is 0 Å². The second-order valence-corrected chi connectivity index (χ2v) is 3.15. The highest BCUT2D eigenvalue weighted by Crippen LogP contribution is 2.00. The fraction of sp³-hybridized carbons (Fsp3) is 0.200. The van der Waals surface area contributed by atoms with Crippen molar-refractivity contribution in [1.29, 1.82) is 5.26 Å². The van der Waals surface area contributed by atoms with E-state index in [0.717, 1.165) is 18.7 Å². The number of nitrogens with one attached hydrogen (secondary N) is 2. The first-order valence-electron chi connectivity index (χ1n) is 4.82. The van der Waals surface area contributed by atoms with Gasteiger partial charge in [-0.3, -0.25) is 0 Å². The quantitative estimate of drug-likeness (QED) is 0.782. The number of anilines is 1. The molecule has 0 aliphatic rings. The SMILES string of the molecule is N#Cc1cnc(NCCc2cnc[nH]2)cn1. The van der Waals surface area contributed by atoms with Gasteiger partial charge in [-0.15, -0.1) is 0 Å². The molecule has 80 valence electrons. The second kappa shape index (κ2) is 4.89. The Bertz CT molecular complexity index is 467. The lowest BCUT2D eigenvalue weighted by Crippen LogP contribution is -2.06. The number of rotatable bonds is 4. The van der Waals surface area contributed by atoms with Gasteiger partial charge in [-0.1, -0.05) is 0 Å². The zero-order valence-corrected chi connectivity index (χ0v) is 8.51. The molecule has 6 nitrogen and oxygen atoms in total. The summed E-state index contributed by atoms with van der Waals surface area (Å²) in [7, 11) is 0. The summed E-state index contributed by atoms with van der Waals surface area (Å²) in [6.45, 7) is 0.739. The Kier molecular flexibility index (Phi) is 3.09. The van der Waals surface area contributed by atoms with Crippen LogP contribution in [0.25, 0.3) is 0 Å². The number of nitrogens with zero attached hydrogens (tertiary/aromatic N) is 4. The maximum absolute atomic E-state index is 8.55. The molecule has 6 heteroatoms. The summed E-state index contributed by atoms with van der Waals surface area (Å²) in [5, 5.41) is 11.6. The van der Waals surface area contributed by atoms with Crippen LogP contribution in [0.15, 0.2) is 24.9 Å². The number of imidazole rings is 1. The first kappa shape index (κ1) is 10.1. The average Bonchev–Trinajstić information content (AvgIpc) is 2.83. The molecule has 0 saturated carbocycles. The number of aromatic nitrogens is 4. The van der Waals surface area contributed by atoms with E-state index in [-0.39, 0.29) is 0 Å². The van der Waals surface area contributed by atoms with Crippen molar-refractivity contribution in [2.45, 2.75) is 6.42 Å². The van der Waals surface area contributed by atoms with Crippen LogP contribution in [0.2, 0.25) is 0 Å². The van der Waals surface area contributed by atoms with Gasteiger partial charge in [0.25, 0.3) is 0 Å². The lowest BCUT2D eigenvalue weighted by atomic mass is 10.3. The Morgan fingerprint density at radius 3 is 2.88 bits per heavy atom. The molecule has 0 fully saturated rings. The molecule has 2 heterocycles. The lowest BCUT2D eigenvalue weighted by Gasteiger charge is -2.03. The van der Waals surface area contributed by atoms with E-state index in [0.29, 0.717) is 11.5 Å². The highest BCUT2D eigenvalue weighted by Gasteiger charge is 1.97. The van der Waals surface area contributed by atoms with Crippen molar-refractivity contribution >= 4 is 5.82 Å². The summed E-state index contributed by atoms with van der Waals surface area (Å²) in [5.74, 6) is 0.665. The van der Waals surface area contributed by atoms with E-state index in [1.54, 1.807) is 18.7 Å². The molecule has 2 aromatic rings. The Morgan fingerprint density at radius 1 is 1.31 bits per heavy atom. The third-order valence-corrected chi connectivity index (χ3v) is 2.02. The Hall–Kier alpha value is -2.42. The van der Waals surface area contributed by atoms with Gasteiger partial charge in [0.05, 0.1) is 18.7 Å². The second-order valence-electron chi connectivity index (χ2n) is 3.15. The lowest BCUT2D eigenvalue weighted by molar-refractivity contribution is 0.963. The molecule has 0 atom stereocenters. The van der Waals surface area contributed by atoms with Crippen molar-refractivity contribution in [3.8, 4) is 6.07 Å². The minimum Gasteiger partial charge on any atom is -0.368 e. The topological polar surface area (TPSA) is 90.3 Å². The molecule has 0 radical (unpaired) electrons. The van der Waals surface area contributed by atoms with Gasteiger partial charge in [0.15, 0.2) is 5.69 Å². The van der Waals surface area contributed by atoms with Gasteiger partial charge in [0.2, 0.25) is 0 Å². The average molecular weight is 214 g/mol. The Morgan fingerprint density at radius 2 is 2.25 bits per heavy atom. The molecule has 0 aliphatic heterocycles. The van der Waals surface area contributed by atoms with Crippen molar-refractivity contribution in [3.05, 3.63) is 36.3 Å². The third kappa shape index (κ3) is 2.54. The van der Waals surface area contributed by atoms with Crippen molar-refractivity contribution in [1.82, 2.24) is 19.9 Å². The van der Waals surface area contributed by atoms with E-state index < -0.39 is 0 Å². The number of hydrogen-bond donors (Lipinski definition) is 2. The van der Waals surface area contributed by atoms with Crippen molar-refractivity contribution in [2.75, 3.05) is 11.9 Å². The Balaban J connectivity index is 1.83. The fourth-order valence-electron chi connectivity index (χ4n) is 1.22. The van der Waals surface area contributed by atoms with Gasteiger partial charge in [0.1, 0.15) is 11.9 Å². The van der Waals surface area contributed by atoms with E-state index in [4.69, 9.17) is 5.26 Å². The number of aromatic amines is 1. The van der Waals surface area contributed by atoms with E-state index in [2.05, 4.69) is 25.3 Å². The maximum Gasteiger partial charge on any atom is 0.158 e. The summed E-state index contributed by atoms with van der Waals surface area (Å²) in [5.41, 5.74) is 1.38. The monoisotopic (exact) mass is 214 g/mol. The van der Waals surface area contributed by atoms with Gasteiger partial charge >= 0.3 is 0 Å². The maximum atomic E-state index is 8.55. The molecule has 0 aromatic carbocycles. The predicted molar refractivity (Wildman–Crippen MR) is 57.5 cm³/mol. The molecule has 16 heavy (non-hydrogen) atoms. The van der Waals surface area contributed by atoms with Crippen LogP contribution >= 0.6 is 0 Å². The first-order valence-corrected chi connectivity index (χ1v) is 4.82. The Labute approximate surface area is 92.4 Å². The molecule has 0 aliphatic carbocycles. The molecule has 2 N–H and O–H groups in total. The smallest absolute Gasteiger partial charge is 0.158 e. The van der Waals surface area contributed by atoms with Gasteiger partial charge in [-0.2, -0.15) is 5.26 Å². The van der Waals surface area contributed by atoms with Crippen LogP contribution in [0, 0.1) is 11.3 Å². The van der Waals surface area contributed by atoms with Crippen LogP contribution in [0.1, 0.15) is 11.4 Å². The summed E-state index contributed by atoms with van der Waals surface area (Å²) < 4.78 is 0. The summed E-state index contributed by atoms with van der Waals surface area (Å²) >= 11 is 0. The van der Waals surface area contributed by atoms with Crippen LogP contribution in [0.5, 0.6) is 0 Å². The summed E-state index contributed by atoms with van der Waals surface area (Å²) in [6, 6.07) is 1.92. The molecular formula is C10H10N6. The fourth-order valence-corrected chi connectivity index (χ4v) is 1.22. The molecule has 0 spiro atoms. The first-order chi connectivity index (χ1) is 7.88. The van der Waals surface area contributed by atoms with Gasteiger partial charge in [0, 0.05) is 24.9 Å². The molecule has 0 bridgehead atoms. The zero-order valence-electron chi connectivity index (χ0n) is 8.51. The normalized spacial score (nSPS) is 9.69. The van der Waals surface area contributed by atoms with Gasteiger partial charge in [-0.25, -0.2) is 15.0 Å². The molecule has 2 rings (SSSR count). The largest absolute Gasteiger partial charge is 0.368 e. The van der Waals surface area contributed by atoms with E-state index in [1.807, 2.05) is 6.07 Å². The third-order valence-electron chi connectivity index (χ3n) is 2.02. The van der Waals surface area contributed by atoms with Crippen molar-refractivity contribution < 1.29 is 0 Å². The molecule has 0 unspecified atom stereocenters. The molecule has 0 amide bonds. The highest BCUT2D eigenvalue weighted by molar-refractivity contribution is 5.33. The minimum atomic E-state index is 0.319. The number of H-pyrrole nitrogens is 1. The molecular weight excluding hydrogens is 204 g/mol. The number of hydrogen-bond acceptors (Lipinski definition) is 5. The van der Waals surface area contributed by atoms with Crippen LogP contribution in [0.4, 0.5) is 5.82 Å². The standard InChI is InChI=1S/C10H10N6/c11-3-9-5-15-10(6-14-9)13-2-1-8-4-12-7-16-8/h4-7H,1-2H2,(H,12,16)(H,13,15). The zero-order chi connectivity index (χ0) is 11.2. The van der Waals surface area contributed by atoms with Gasteiger partial charge < -0.3 is 10.3 Å². The molecule has 2 aromatic heterocycles. The number of nitriles is 1. The minimum absolute atomic E-state index is 0.319. The summed E-state index contributed by atoms with van der Waals surface area (Å²) in [4.78, 5) is 14.9. The van der Waals surface area contributed by atoms with Crippen LogP contribution in [-0.2, 0) is 6.42 Å². The van der Waals surface area contributed by atoms with Crippen molar-refractivity contribution in [2.24, 2.45) is 0 Å². The van der Waals surface area contributed by atoms with E-state index in [1.165, 1.54) is 6.20 Å². The predicted octanol–water partition coefficient (Wildman–Crippen LogP) is 0.726. The molecule has 0 saturated heterocycles. The van der Waals surface area contributed by atoms with E-state index in [9.17, 15) is 0 Å². The van der Waals surface area contributed by atoms with Crippen molar-refractivity contribution in [3.63, 3.8) is 0 Å². The van der Waals surface area contributed by atoms with Crippen LogP contribution < -0.4 is 5.32 Å². The van der Waals surface area contributed by atoms with E-state index >= 15 is 0 Å². The summed E-state index contributed by atoms with van der Waals surface area (Å²) in [6.07, 6.45) is 7.26.